The van der Waals surface area contributed by atoms with Crippen LogP contribution in [0.15, 0.2) is 42.1 Å². The highest BCUT2D eigenvalue weighted by atomic mass is 35.5. The maximum atomic E-state index is 12.8. The van der Waals surface area contributed by atoms with Gasteiger partial charge in [0.2, 0.25) is 0 Å². The molecule has 3 amide bonds. The first kappa shape index (κ1) is 22.5. The molecule has 10 heteroatoms. The van der Waals surface area contributed by atoms with Crippen LogP contribution in [0.2, 0.25) is 10.0 Å². The van der Waals surface area contributed by atoms with Crippen LogP contribution in [0.4, 0.5) is 4.79 Å². The van der Waals surface area contributed by atoms with E-state index >= 15 is 0 Å². The van der Waals surface area contributed by atoms with Crippen LogP contribution in [0.3, 0.4) is 0 Å². The van der Waals surface area contributed by atoms with Gasteiger partial charge in [0.25, 0.3) is 5.91 Å². The second-order valence-corrected chi connectivity index (χ2v) is 7.42. The zero-order chi connectivity index (χ0) is 22.7. The first-order valence-corrected chi connectivity index (χ1v) is 9.81. The number of carboxylic acids is 1. The number of ether oxygens (including phenoxy) is 2. The van der Waals surface area contributed by atoms with Crippen molar-refractivity contribution < 1.29 is 29.0 Å². The molecule has 0 aromatic heterocycles. The number of carbonyl (C=O) groups excluding carboxylic acids is 2. The molecule has 0 radical (unpaired) electrons. The Kier molecular flexibility index (Phi) is 6.72. The van der Waals surface area contributed by atoms with Crippen LogP contribution in [0.5, 0.6) is 11.5 Å². The fourth-order valence-corrected chi connectivity index (χ4v) is 3.17. The summed E-state index contributed by atoms with van der Waals surface area (Å²) in [4.78, 5) is 37.4. The van der Waals surface area contributed by atoms with Crippen molar-refractivity contribution in [2.45, 2.75) is 19.6 Å². The van der Waals surface area contributed by atoms with Crippen molar-refractivity contribution in [3.8, 4) is 11.5 Å². The third kappa shape index (κ3) is 4.92. The Bertz CT molecular complexity index is 1090. The molecule has 8 nitrogen and oxygen atoms in total. The zero-order valence-corrected chi connectivity index (χ0v) is 18.0. The predicted octanol–water partition coefficient (Wildman–Crippen LogP) is 3.95. The van der Waals surface area contributed by atoms with E-state index in [2.05, 4.69) is 5.32 Å². The Morgan fingerprint density at radius 1 is 1.23 bits per heavy atom. The second-order valence-electron chi connectivity index (χ2n) is 6.60. The molecule has 2 aromatic rings. The Labute approximate surface area is 187 Å². The van der Waals surface area contributed by atoms with Crippen molar-refractivity contribution >= 4 is 47.2 Å². The summed E-state index contributed by atoms with van der Waals surface area (Å²) < 4.78 is 10.8. The van der Waals surface area contributed by atoms with Crippen LogP contribution < -0.4 is 14.8 Å². The first-order chi connectivity index (χ1) is 14.7. The first-order valence-electron chi connectivity index (χ1n) is 9.06. The number of benzene rings is 2. The molecule has 1 fully saturated rings. The van der Waals surface area contributed by atoms with Crippen molar-refractivity contribution in [1.82, 2.24) is 10.2 Å². The second kappa shape index (κ2) is 9.28. The monoisotopic (exact) mass is 464 g/mol. The van der Waals surface area contributed by atoms with Gasteiger partial charge in [-0.2, -0.15) is 0 Å². The molecule has 1 aliphatic rings. The number of imide groups is 1. The van der Waals surface area contributed by atoms with Gasteiger partial charge in [0.15, 0.2) is 17.6 Å². The maximum absolute atomic E-state index is 12.8. The van der Waals surface area contributed by atoms with Crippen LogP contribution in [0.1, 0.15) is 18.1 Å². The third-order valence-electron chi connectivity index (χ3n) is 4.46. The highest BCUT2D eigenvalue weighted by Crippen LogP contribution is 2.34. The number of urea groups is 1. The number of hydrogen-bond donors (Lipinski definition) is 2. The molecule has 0 aliphatic carbocycles. The van der Waals surface area contributed by atoms with E-state index < -0.39 is 24.0 Å². The van der Waals surface area contributed by atoms with Crippen molar-refractivity contribution in [1.29, 1.82) is 0 Å². The Hall–Kier alpha value is -3.23. The number of nitrogens with one attached hydrogen (secondary N) is 1. The summed E-state index contributed by atoms with van der Waals surface area (Å²) in [7, 11) is 1.41. The van der Waals surface area contributed by atoms with Gasteiger partial charge in [-0.25, -0.2) is 9.59 Å². The molecule has 0 bridgehead atoms. The van der Waals surface area contributed by atoms with Gasteiger partial charge in [-0.1, -0.05) is 41.4 Å². The molecule has 0 spiro atoms. The standard InChI is InChI=1S/C21H18Cl2N2O6/c1-11(20(27)28)31-18-13(4-3-5-17(18)30-2)9-16-19(26)25(21(29)24-16)10-12-6-7-14(22)15(23)8-12/h3-9,11H,10H2,1-2H3,(H,24,29)(H,27,28)/b16-9-/t11-/m0/s1. The molecule has 0 saturated carbocycles. The van der Waals surface area contributed by atoms with Crippen molar-refractivity contribution in [2.75, 3.05) is 7.11 Å². The quantitative estimate of drug-likeness (QED) is 0.474. The van der Waals surface area contributed by atoms with Crippen LogP contribution in [0, 0.1) is 0 Å². The topological polar surface area (TPSA) is 105 Å². The summed E-state index contributed by atoms with van der Waals surface area (Å²) >= 11 is 11.9. The van der Waals surface area contributed by atoms with Gasteiger partial charge in [-0.3, -0.25) is 9.69 Å². The van der Waals surface area contributed by atoms with Crippen molar-refractivity contribution in [2.24, 2.45) is 0 Å². The smallest absolute Gasteiger partial charge is 0.344 e. The lowest BCUT2D eigenvalue weighted by atomic mass is 10.1. The maximum Gasteiger partial charge on any atom is 0.344 e. The molecule has 31 heavy (non-hydrogen) atoms. The average molecular weight is 465 g/mol. The Balaban J connectivity index is 1.90. The molecular formula is C21H18Cl2N2O6. The van der Waals surface area contributed by atoms with Gasteiger partial charge in [-0.05, 0) is 36.8 Å². The minimum atomic E-state index is -1.16. The molecule has 1 aliphatic heterocycles. The third-order valence-corrected chi connectivity index (χ3v) is 5.20. The van der Waals surface area contributed by atoms with Gasteiger partial charge in [0.05, 0.1) is 23.7 Å². The number of aliphatic carboxylic acids is 1. The summed E-state index contributed by atoms with van der Waals surface area (Å²) in [6.45, 7) is 1.36. The van der Waals surface area contributed by atoms with Gasteiger partial charge in [0.1, 0.15) is 5.70 Å². The van der Waals surface area contributed by atoms with Crippen LogP contribution in [-0.4, -0.2) is 41.1 Å². The van der Waals surface area contributed by atoms with E-state index in [0.717, 1.165) is 4.90 Å². The Morgan fingerprint density at radius 2 is 1.97 bits per heavy atom. The van der Waals surface area contributed by atoms with Crippen LogP contribution >= 0.6 is 23.2 Å². The van der Waals surface area contributed by atoms with Crippen molar-refractivity contribution in [3.05, 3.63) is 63.3 Å². The number of amides is 3. The van der Waals surface area contributed by atoms with Gasteiger partial charge < -0.3 is 19.9 Å². The number of hydrogen-bond acceptors (Lipinski definition) is 5. The molecule has 2 aromatic carbocycles. The number of carboxylic acid groups (broad SMARTS) is 1. The van der Waals surface area contributed by atoms with E-state index in [0.29, 0.717) is 21.2 Å². The fourth-order valence-electron chi connectivity index (χ4n) is 2.85. The van der Waals surface area contributed by atoms with Crippen LogP contribution in [0.25, 0.3) is 6.08 Å². The van der Waals surface area contributed by atoms with Crippen LogP contribution in [-0.2, 0) is 16.1 Å². The molecule has 1 atom stereocenters. The summed E-state index contributed by atoms with van der Waals surface area (Å²) in [6.07, 6.45) is 0.245. The number of para-hydroxylation sites is 1. The highest BCUT2D eigenvalue weighted by molar-refractivity contribution is 6.42. The van der Waals surface area contributed by atoms with Gasteiger partial charge >= 0.3 is 12.0 Å². The number of rotatable bonds is 7. The van der Waals surface area contributed by atoms with Crippen molar-refractivity contribution in [3.63, 3.8) is 0 Å². The SMILES string of the molecule is COc1cccc(/C=C2\NC(=O)N(Cc3ccc(Cl)c(Cl)c3)C2=O)c1O[C@@H](C)C(=O)O. The molecule has 0 unspecified atom stereocenters. The number of nitrogens with zero attached hydrogens (tertiary/aromatic N) is 1. The summed E-state index contributed by atoms with van der Waals surface area (Å²) in [6, 6.07) is 9.07. The molecule has 1 heterocycles. The number of carbonyl (C=O) groups is 3. The predicted molar refractivity (Wildman–Crippen MR) is 114 cm³/mol. The fraction of sp³-hybridized carbons (Fsp3) is 0.190. The lowest BCUT2D eigenvalue weighted by Gasteiger charge is -2.16. The largest absolute Gasteiger partial charge is 0.493 e. The molecule has 162 valence electrons. The van der Waals surface area contributed by atoms with E-state index in [4.69, 9.17) is 37.8 Å². The van der Waals surface area contributed by atoms with Gasteiger partial charge in [0, 0.05) is 5.56 Å². The molecular weight excluding hydrogens is 447 g/mol. The van der Waals surface area contributed by atoms with E-state index in [1.165, 1.54) is 20.1 Å². The molecule has 1 saturated heterocycles. The summed E-state index contributed by atoms with van der Waals surface area (Å²) in [5.41, 5.74) is 0.999. The number of halogens is 2. The average Bonchev–Trinajstić information content (AvgIpc) is 2.99. The van der Waals surface area contributed by atoms with Gasteiger partial charge in [-0.15, -0.1) is 0 Å². The van der Waals surface area contributed by atoms with E-state index in [-0.39, 0.29) is 23.7 Å². The Morgan fingerprint density at radius 3 is 2.61 bits per heavy atom. The highest BCUT2D eigenvalue weighted by Gasteiger charge is 2.34. The van der Waals surface area contributed by atoms with E-state index in [1.807, 2.05) is 0 Å². The number of methoxy groups -OCH3 is 1. The summed E-state index contributed by atoms with van der Waals surface area (Å²) in [5.74, 6) is -1.30. The molecule has 2 N–H and O–H groups in total. The lowest BCUT2D eigenvalue weighted by molar-refractivity contribution is -0.144. The van der Waals surface area contributed by atoms with E-state index in [9.17, 15) is 14.4 Å². The van der Waals surface area contributed by atoms with E-state index in [1.54, 1.807) is 36.4 Å². The summed E-state index contributed by atoms with van der Waals surface area (Å²) in [5, 5.41) is 12.3. The minimum absolute atomic E-state index is 0.00356. The molecule has 3 rings (SSSR count). The lowest BCUT2D eigenvalue weighted by Crippen LogP contribution is -2.30. The normalized spacial score (nSPS) is 15.7. The minimum Gasteiger partial charge on any atom is -0.493 e. The zero-order valence-electron chi connectivity index (χ0n) is 16.5.